The monoisotopic (exact) mass is 774 g/mol. The molecule has 8 atom stereocenters. The maximum atomic E-state index is 12.9. The minimum absolute atomic E-state index is 0.0168. The van der Waals surface area contributed by atoms with Gasteiger partial charge in [-0.15, -0.1) is 0 Å². The summed E-state index contributed by atoms with van der Waals surface area (Å²) in [5, 5.41) is 45.1. The van der Waals surface area contributed by atoms with Crippen molar-refractivity contribution in [3.05, 3.63) is 36.5 Å². The number of carbonyl (C=O) groups is 1. The van der Waals surface area contributed by atoms with Gasteiger partial charge in [0.25, 0.3) is 0 Å². The van der Waals surface area contributed by atoms with Gasteiger partial charge >= 0.3 is 7.82 Å². The van der Waals surface area contributed by atoms with E-state index in [0.29, 0.717) is 43.1 Å². The molecule has 12 heteroatoms. The lowest BCUT2D eigenvalue weighted by atomic mass is 9.89. The number of likely N-dealkylation sites (N-methyl/N-ethyl adjacent to an activating group) is 1. The number of hydrogen-bond donors (Lipinski definition) is 6. The van der Waals surface area contributed by atoms with Crippen LogP contribution in [0.4, 0.5) is 0 Å². The Morgan fingerprint density at radius 3 is 2.11 bits per heavy atom. The third-order valence-corrected chi connectivity index (χ3v) is 10.9. The highest BCUT2D eigenvalue weighted by Gasteiger charge is 2.39. The number of hydrogen-bond acceptors (Lipinski definition) is 8. The first kappa shape index (κ1) is 49.6. The number of nitrogens with one attached hydrogen (secondary N) is 1. The zero-order valence-electron chi connectivity index (χ0n) is 33.8. The number of amides is 1. The summed E-state index contributed by atoms with van der Waals surface area (Å²) in [7, 11) is 1.42. The van der Waals surface area contributed by atoms with Gasteiger partial charge in [0.15, 0.2) is 0 Å². The fourth-order valence-electron chi connectivity index (χ4n) is 6.50. The largest absolute Gasteiger partial charge is 0.472 e. The molecule has 0 aromatic heterocycles. The number of rotatable bonds is 32. The normalized spacial score (nSPS) is 22.5. The zero-order chi connectivity index (χ0) is 39.5. The van der Waals surface area contributed by atoms with Crippen molar-refractivity contribution in [2.75, 3.05) is 40.9 Å². The summed E-state index contributed by atoms with van der Waals surface area (Å²) in [6.07, 6.45) is 25.9. The Balaban J connectivity index is 2.63. The molecule has 1 amide bonds. The lowest BCUT2D eigenvalue weighted by Gasteiger charge is -2.25. The van der Waals surface area contributed by atoms with Gasteiger partial charge in [0.1, 0.15) is 13.2 Å². The Morgan fingerprint density at radius 1 is 0.830 bits per heavy atom. The summed E-state index contributed by atoms with van der Waals surface area (Å²) in [6.45, 7) is 4.46. The van der Waals surface area contributed by atoms with Crippen molar-refractivity contribution in [2.24, 2.45) is 11.8 Å². The van der Waals surface area contributed by atoms with Crippen molar-refractivity contribution in [3.8, 4) is 0 Å². The Kier molecular flexibility index (Phi) is 27.1. The highest BCUT2D eigenvalue weighted by Crippen LogP contribution is 2.43. The highest BCUT2D eigenvalue weighted by molar-refractivity contribution is 7.47. The summed E-state index contributed by atoms with van der Waals surface area (Å²) >= 11 is 0. The molecule has 1 saturated carbocycles. The molecule has 0 aliphatic heterocycles. The van der Waals surface area contributed by atoms with Crippen LogP contribution in [0.25, 0.3) is 0 Å². The second-order valence-corrected chi connectivity index (χ2v) is 17.4. The van der Waals surface area contributed by atoms with Crippen LogP contribution in [0.15, 0.2) is 36.5 Å². The van der Waals surface area contributed by atoms with Gasteiger partial charge in [-0.05, 0) is 44.4 Å². The van der Waals surface area contributed by atoms with Crippen LogP contribution in [0.3, 0.4) is 0 Å². The number of quaternary nitrogens is 1. The average Bonchev–Trinajstić information content (AvgIpc) is 3.36. The van der Waals surface area contributed by atoms with E-state index in [4.69, 9.17) is 9.05 Å². The van der Waals surface area contributed by atoms with Crippen LogP contribution in [0.2, 0.25) is 0 Å². The first-order valence-corrected chi connectivity index (χ1v) is 22.1. The molecule has 1 unspecified atom stereocenters. The lowest BCUT2D eigenvalue weighted by Crippen LogP contribution is -2.45. The van der Waals surface area contributed by atoms with Gasteiger partial charge in [-0.1, -0.05) is 121 Å². The molecule has 0 aromatic rings. The average molecular weight is 774 g/mol. The molecular formula is C41H78N2O9P+. The van der Waals surface area contributed by atoms with Crippen molar-refractivity contribution in [1.82, 2.24) is 5.32 Å². The van der Waals surface area contributed by atoms with E-state index in [-0.39, 0.29) is 30.8 Å². The van der Waals surface area contributed by atoms with E-state index < -0.39 is 44.9 Å². The van der Waals surface area contributed by atoms with Crippen molar-refractivity contribution < 1.29 is 48.2 Å². The van der Waals surface area contributed by atoms with E-state index in [0.717, 1.165) is 38.5 Å². The molecule has 6 N–H and O–H groups in total. The number of carbonyl (C=O) groups excluding carboxylic acids is 1. The Labute approximate surface area is 322 Å². The minimum atomic E-state index is -4.40. The van der Waals surface area contributed by atoms with E-state index in [1.807, 2.05) is 45.4 Å². The van der Waals surface area contributed by atoms with E-state index in [1.54, 1.807) is 12.2 Å². The second-order valence-electron chi connectivity index (χ2n) is 16.0. The quantitative estimate of drug-likeness (QED) is 0.0181. The summed E-state index contributed by atoms with van der Waals surface area (Å²) in [6, 6.07) is -0.940. The predicted molar refractivity (Wildman–Crippen MR) is 214 cm³/mol. The molecule has 0 bridgehead atoms. The molecule has 1 aliphatic rings. The molecule has 1 rings (SSSR count). The number of nitrogens with zero attached hydrogens (tertiary/aromatic N) is 1. The number of unbranched alkanes of at least 4 members (excludes halogenated alkanes) is 12. The molecule has 0 heterocycles. The van der Waals surface area contributed by atoms with E-state index in [1.165, 1.54) is 44.9 Å². The fraction of sp³-hybridized carbons (Fsp3) is 0.829. The Hall–Kier alpha value is -1.40. The lowest BCUT2D eigenvalue weighted by molar-refractivity contribution is -0.870. The summed E-state index contributed by atoms with van der Waals surface area (Å²) in [5.74, 6) is -0.698. The maximum Gasteiger partial charge on any atom is 0.472 e. The Bertz CT molecular complexity index is 1080. The highest BCUT2D eigenvalue weighted by atomic mass is 31.2. The first-order valence-electron chi connectivity index (χ1n) is 20.6. The van der Waals surface area contributed by atoms with Crippen LogP contribution >= 0.6 is 7.82 Å². The third-order valence-electron chi connectivity index (χ3n) is 9.92. The number of aliphatic hydroxyl groups excluding tert-OH is 4. The van der Waals surface area contributed by atoms with Gasteiger partial charge in [0.05, 0.1) is 58.2 Å². The summed E-state index contributed by atoms with van der Waals surface area (Å²) < 4.78 is 23.4. The molecule has 0 saturated heterocycles. The van der Waals surface area contributed by atoms with E-state index in [2.05, 4.69) is 19.2 Å². The molecular weight excluding hydrogens is 695 g/mol. The third kappa shape index (κ3) is 25.4. The van der Waals surface area contributed by atoms with Crippen molar-refractivity contribution in [2.45, 2.75) is 166 Å². The maximum absolute atomic E-state index is 12.9. The van der Waals surface area contributed by atoms with Gasteiger partial charge in [-0.3, -0.25) is 13.8 Å². The van der Waals surface area contributed by atoms with Crippen molar-refractivity contribution in [1.29, 1.82) is 0 Å². The zero-order valence-corrected chi connectivity index (χ0v) is 34.7. The molecule has 310 valence electrons. The van der Waals surface area contributed by atoms with Crippen LogP contribution in [-0.2, 0) is 18.4 Å². The van der Waals surface area contributed by atoms with Crippen LogP contribution in [0.1, 0.15) is 136 Å². The SMILES string of the molecule is CCCCCCCCCCC/C=C/[C@@H](O)[C@H](COP(=O)(O)OCC[N+](C)(C)C)NC(=O)CCC/C=C/C[C@@H]1[C@@H](/C=C/[C@@H](O)CCCCC)[C@H](O)C[C@@H]1O. The number of phosphoric ester groups is 1. The molecule has 0 radical (unpaired) electrons. The minimum Gasteiger partial charge on any atom is -0.393 e. The molecule has 1 aliphatic carbocycles. The molecule has 11 nitrogen and oxygen atoms in total. The number of allylic oxidation sites excluding steroid dienone is 3. The first-order chi connectivity index (χ1) is 25.2. The van der Waals surface area contributed by atoms with Crippen molar-refractivity contribution >= 4 is 13.7 Å². The van der Waals surface area contributed by atoms with Gasteiger partial charge in [-0.25, -0.2) is 4.57 Å². The van der Waals surface area contributed by atoms with Gasteiger partial charge < -0.3 is 35.1 Å². The van der Waals surface area contributed by atoms with Crippen LogP contribution in [0, 0.1) is 11.8 Å². The van der Waals surface area contributed by atoms with Gasteiger partial charge in [0.2, 0.25) is 5.91 Å². The van der Waals surface area contributed by atoms with Gasteiger partial charge in [-0.2, -0.15) is 0 Å². The number of phosphoric acid groups is 1. The van der Waals surface area contributed by atoms with E-state index in [9.17, 15) is 34.7 Å². The molecule has 1 fully saturated rings. The standard InChI is InChI=1S/C41H77N2O9P/c1-6-8-10-11-12-13-14-15-16-17-22-26-38(45)37(33-52-53(49,50)51-31-30-43(3,4)5)42-41(48)27-23-19-18-21-25-35-36(40(47)32-39(35)46)29-28-34(44)24-20-9-7-2/h18,21-22,26,28-29,34-40,44-47H,6-17,19-20,23-25,27,30-33H2,1-5H3,(H-,42,48,49,50)/p+1/b21-18+,26-22+,29-28+/t34-,35+,36+,37-,38+,39-,40+/m0/s1. The Morgan fingerprint density at radius 2 is 1.45 bits per heavy atom. The summed E-state index contributed by atoms with van der Waals surface area (Å²) in [4.78, 5) is 23.2. The second kappa shape index (κ2) is 28.9. The van der Waals surface area contributed by atoms with Crippen LogP contribution in [0.5, 0.6) is 0 Å². The van der Waals surface area contributed by atoms with Gasteiger partial charge in [0, 0.05) is 18.8 Å². The summed E-state index contributed by atoms with van der Waals surface area (Å²) in [5.41, 5.74) is 0. The number of aliphatic hydroxyl groups is 4. The molecule has 0 spiro atoms. The predicted octanol–water partition coefficient (Wildman–Crippen LogP) is 7.12. The van der Waals surface area contributed by atoms with Crippen molar-refractivity contribution in [3.63, 3.8) is 0 Å². The topological polar surface area (TPSA) is 166 Å². The van der Waals surface area contributed by atoms with E-state index >= 15 is 0 Å². The molecule has 53 heavy (non-hydrogen) atoms. The van der Waals surface area contributed by atoms with Crippen LogP contribution in [-0.4, -0.2) is 107 Å². The van der Waals surface area contributed by atoms with Crippen LogP contribution < -0.4 is 5.32 Å². The smallest absolute Gasteiger partial charge is 0.393 e. The fourth-order valence-corrected chi connectivity index (χ4v) is 7.24. The molecule has 0 aromatic carbocycles.